The Morgan fingerprint density at radius 1 is 1.33 bits per heavy atom. The molecule has 0 radical (unpaired) electrons. The number of aromatic nitrogens is 2. The highest BCUT2D eigenvalue weighted by atomic mass is 16.3. The van der Waals surface area contributed by atoms with Crippen LogP contribution in [0.3, 0.4) is 0 Å². The van der Waals surface area contributed by atoms with Crippen LogP contribution in [0.2, 0.25) is 0 Å². The number of aryl methyl sites for hydroxylation is 1. The molecule has 0 aliphatic rings. The van der Waals surface area contributed by atoms with Crippen molar-refractivity contribution in [3.63, 3.8) is 0 Å². The number of rotatable bonds is 8. The van der Waals surface area contributed by atoms with Crippen LogP contribution in [0.5, 0.6) is 0 Å². The molecule has 0 aliphatic carbocycles. The molecule has 0 bridgehead atoms. The van der Waals surface area contributed by atoms with Crippen molar-refractivity contribution in [3.8, 4) is 0 Å². The second-order valence-electron chi connectivity index (χ2n) is 5.25. The smallest absolute Gasteiger partial charge is 0.271 e. The van der Waals surface area contributed by atoms with E-state index in [-0.39, 0.29) is 23.7 Å². The third-order valence-electron chi connectivity index (χ3n) is 3.72. The third kappa shape index (κ3) is 4.97. The molecule has 2 N–H and O–H groups in total. The highest BCUT2D eigenvalue weighted by Crippen LogP contribution is 2.12. The largest absolute Gasteiger partial charge is 0.388 e. The van der Waals surface area contributed by atoms with Gasteiger partial charge in [0.25, 0.3) is 11.5 Å². The van der Waals surface area contributed by atoms with Gasteiger partial charge in [-0.05, 0) is 25.3 Å². The van der Waals surface area contributed by atoms with Gasteiger partial charge in [-0.15, -0.1) is 0 Å². The molecule has 1 heterocycles. The quantitative estimate of drug-likeness (QED) is 0.757. The maximum Gasteiger partial charge on any atom is 0.271 e. The zero-order valence-corrected chi connectivity index (χ0v) is 13.1. The lowest BCUT2D eigenvalue weighted by molar-refractivity contribution is 0.0313. The minimum absolute atomic E-state index is 0.175. The average molecular weight is 295 g/mol. The summed E-state index contributed by atoms with van der Waals surface area (Å²) >= 11 is 0. The first-order valence-corrected chi connectivity index (χ1v) is 7.54. The standard InChI is InChI=1S/C15H25N3O3/c1-4-7-10-18-13(19)9-8-12(17-18)14(20)16-11-15(21,5-2)6-3/h8-9,21H,4-7,10-11H2,1-3H3,(H,16,20). The molecule has 0 atom stereocenters. The second kappa shape index (κ2) is 7.93. The molecule has 6 heteroatoms. The molecule has 0 aromatic carbocycles. The molecule has 21 heavy (non-hydrogen) atoms. The van der Waals surface area contributed by atoms with E-state index in [1.54, 1.807) is 0 Å². The van der Waals surface area contributed by atoms with Crippen molar-refractivity contribution in [2.75, 3.05) is 6.54 Å². The van der Waals surface area contributed by atoms with Gasteiger partial charge in [-0.25, -0.2) is 4.68 Å². The first-order valence-electron chi connectivity index (χ1n) is 7.54. The first-order chi connectivity index (χ1) is 9.95. The predicted octanol–water partition coefficient (Wildman–Crippen LogP) is 1.32. The van der Waals surface area contributed by atoms with Crippen LogP contribution in [0.4, 0.5) is 0 Å². The molecular formula is C15H25N3O3. The molecule has 1 aromatic heterocycles. The summed E-state index contributed by atoms with van der Waals surface area (Å²) in [6.07, 6.45) is 2.91. The molecule has 0 saturated heterocycles. The Hall–Kier alpha value is -1.69. The molecule has 6 nitrogen and oxygen atoms in total. The van der Waals surface area contributed by atoms with Crippen molar-refractivity contribution in [2.24, 2.45) is 0 Å². The number of unbranched alkanes of at least 4 members (excludes halogenated alkanes) is 1. The van der Waals surface area contributed by atoms with Gasteiger partial charge in [0.2, 0.25) is 0 Å². The highest BCUT2D eigenvalue weighted by molar-refractivity contribution is 5.92. The third-order valence-corrected chi connectivity index (χ3v) is 3.72. The maximum atomic E-state index is 12.1. The normalized spacial score (nSPS) is 11.4. The summed E-state index contributed by atoms with van der Waals surface area (Å²) in [5.74, 6) is -0.374. The van der Waals surface area contributed by atoms with Gasteiger partial charge in [0.1, 0.15) is 5.69 Å². The topological polar surface area (TPSA) is 84.2 Å². The van der Waals surface area contributed by atoms with E-state index in [0.29, 0.717) is 19.4 Å². The fraction of sp³-hybridized carbons (Fsp3) is 0.667. The van der Waals surface area contributed by atoms with Gasteiger partial charge in [-0.1, -0.05) is 27.2 Å². The molecule has 1 amide bonds. The van der Waals surface area contributed by atoms with Crippen molar-refractivity contribution >= 4 is 5.91 Å². The fourth-order valence-electron chi connectivity index (χ4n) is 1.87. The molecule has 1 rings (SSSR count). The zero-order chi connectivity index (χ0) is 15.9. The van der Waals surface area contributed by atoms with E-state index in [2.05, 4.69) is 10.4 Å². The molecule has 1 aromatic rings. The van der Waals surface area contributed by atoms with E-state index in [4.69, 9.17) is 0 Å². The van der Waals surface area contributed by atoms with Crippen LogP contribution in [-0.2, 0) is 6.54 Å². The SMILES string of the molecule is CCCCn1nc(C(=O)NCC(O)(CC)CC)ccc1=O. The van der Waals surface area contributed by atoms with Crippen molar-refractivity contribution in [3.05, 3.63) is 28.2 Å². The summed E-state index contributed by atoms with van der Waals surface area (Å²) in [7, 11) is 0. The van der Waals surface area contributed by atoms with E-state index in [1.165, 1.54) is 16.8 Å². The Labute approximate surface area is 125 Å². The number of amides is 1. The Morgan fingerprint density at radius 2 is 2.00 bits per heavy atom. The van der Waals surface area contributed by atoms with Crippen LogP contribution in [0.1, 0.15) is 56.9 Å². The maximum absolute atomic E-state index is 12.1. The van der Waals surface area contributed by atoms with Gasteiger partial charge in [0, 0.05) is 19.2 Å². The number of nitrogens with one attached hydrogen (secondary N) is 1. The lowest BCUT2D eigenvalue weighted by atomic mass is 9.97. The number of nitrogens with zero attached hydrogens (tertiary/aromatic N) is 2. The van der Waals surface area contributed by atoms with Gasteiger partial charge in [-0.2, -0.15) is 5.10 Å². The van der Waals surface area contributed by atoms with E-state index >= 15 is 0 Å². The van der Waals surface area contributed by atoms with E-state index in [9.17, 15) is 14.7 Å². The van der Waals surface area contributed by atoms with Crippen molar-refractivity contribution in [1.82, 2.24) is 15.1 Å². The van der Waals surface area contributed by atoms with Crippen LogP contribution >= 0.6 is 0 Å². The fourth-order valence-corrected chi connectivity index (χ4v) is 1.87. The van der Waals surface area contributed by atoms with Crippen molar-refractivity contribution in [2.45, 2.75) is 58.6 Å². The van der Waals surface area contributed by atoms with Crippen LogP contribution in [0.15, 0.2) is 16.9 Å². The summed E-state index contributed by atoms with van der Waals surface area (Å²) in [6, 6.07) is 2.76. The van der Waals surface area contributed by atoms with Gasteiger partial charge in [0.05, 0.1) is 5.60 Å². The number of carbonyl (C=O) groups is 1. The predicted molar refractivity (Wildman–Crippen MR) is 81.3 cm³/mol. The Morgan fingerprint density at radius 3 is 2.57 bits per heavy atom. The summed E-state index contributed by atoms with van der Waals surface area (Å²) < 4.78 is 1.31. The number of aliphatic hydroxyl groups is 1. The Balaban J connectivity index is 2.76. The van der Waals surface area contributed by atoms with Gasteiger partial charge >= 0.3 is 0 Å². The first kappa shape index (κ1) is 17.4. The summed E-state index contributed by atoms with van der Waals surface area (Å²) in [4.78, 5) is 23.7. The minimum Gasteiger partial charge on any atom is -0.388 e. The second-order valence-corrected chi connectivity index (χ2v) is 5.25. The number of carbonyl (C=O) groups excluding carboxylic acids is 1. The summed E-state index contributed by atoms with van der Waals surface area (Å²) in [5, 5.41) is 16.9. The summed E-state index contributed by atoms with van der Waals surface area (Å²) in [6.45, 7) is 6.45. The molecule has 0 fully saturated rings. The lowest BCUT2D eigenvalue weighted by Gasteiger charge is -2.25. The van der Waals surface area contributed by atoms with Gasteiger partial charge in [-0.3, -0.25) is 9.59 Å². The summed E-state index contributed by atoms with van der Waals surface area (Å²) in [5.41, 5.74) is -0.911. The molecular weight excluding hydrogens is 270 g/mol. The molecule has 0 aliphatic heterocycles. The van der Waals surface area contributed by atoms with Crippen LogP contribution in [0, 0.1) is 0 Å². The van der Waals surface area contributed by atoms with Gasteiger partial charge in [0.15, 0.2) is 0 Å². The van der Waals surface area contributed by atoms with Crippen LogP contribution in [-0.4, -0.2) is 32.9 Å². The van der Waals surface area contributed by atoms with Crippen molar-refractivity contribution < 1.29 is 9.90 Å². The van der Waals surface area contributed by atoms with Crippen molar-refractivity contribution in [1.29, 1.82) is 0 Å². The molecule has 0 unspecified atom stereocenters. The van der Waals surface area contributed by atoms with Crippen LogP contribution in [0.25, 0.3) is 0 Å². The molecule has 0 saturated carbocycles. The average Bonchev–Trinajstić information content (AvgIpc) is 2.51. The van der Waals surface area contributed by atoms with E-state index < -0.39 is 5.60 Å². The number of hydrogen-bond donors (Lipinski definition) is 2. The zero-order valence-electron chi connectivity index (χ0n) is 13.1. The van der Waals surface area contributed by atoms with Gasteiger partial charge < -0.3 is 10.4 Å². The van der Waals surface area contributed by atoms with E-state index in [0.717, 1.165) is 12.8 Å². The minimum atomic E-state index is -0.897. The Bertz CT molecular complexity index is 521. The van der Waals surface area contributed by atoms with E-state index in [1.807, 2.05) is 20.8 Å². The highest BCUT2D eigenvalue weighted by Gasteiger charge is 2.23. The Kier molecular flexibility index (Phi) is 6.55. The molecule has 118 valence electrons. The molecule has 0 spiro atoms. The number of hydrogen-bond acceptors (Lipinski definition) is 4. The monoisotopic (exact) mass is 295 g/mol. The lowest BCUT2D eigenvalue weighted by Crippen LogP contribution is -2.42. The van der Waals surface area contributed by atoms with Crippen LogP contribution < -0.4 is 10.9 Å².